The Kier molecular flexibility index (Phi) is 8.13. The first kappa shape index (κ1) is 32.1. The number of rotatable bonds is 6. The molecule has 14 heteroatoms. The van der Waals surface area contributed by atoms with E-state index in [4.69, 9.17) is 0 Å². The molecule has 0 bridgehead atoms. The fraction of sp³-hybridized carbons (Fsp3) is 0.485. The number of likely N-dealkylation sites (tertiary alicyclic amines) is 1. The van der Waals surface area contributed by atoms with Crippen LogP contribution in [0.1, 0.15) is 38.3 Å². The van der Waals surface area contributed by atoms with Gasteiger partial charge in [0, 0.05) is 65.9 Å². The number of halogens is 4. The van der Waals surface area contributed by atoms with Crippen molar-refractivity contribution in [2.45, 2.75) is 62.1 Å². The van der Waals surface area contributed by atoms with E-state index in [1.54, 1.807) is 11.6 Å². The van der Waals surface area contributed by atoms with Crippen molar-refractivity contribution in [2.75, 3.05) is 43.4 Å². The highest BCUT2D eigenvalue weighted by Crippen LogP contribution is 2.51. The molecule has 7 rings (SSSR count). The number of thioether (sulfide) groups is 1. The van der Waals surface area contributed by atoms with Gasteiger partial charge < -0.3 is 14.9 Å². The number of nitrogens with zero attached hydrogens (tertiary/aromatic N) is 7. The van der Waals surface area contributed by atoms with Gasteiger partial charge in [-0.05, 0) is 64.1 Å². The molecule has 0 radical (unpaired) electrons. The van der Waals surface area contributed by atoms with Gasteiger partial charge in [-0.1, -0.05) is 6.58 Å². The second-order valence-corrected chi connectivity index (χ2v) is 13.9. The molecule has 9 nitrogen and oxygen atoms in total. The summed E-state index contributed by atoms with van der Waals surface area (Å²) in [4.78, 5) is 25.0. The second kappa shape index (κ2) is 11.9. The van der Waals surface area contributed by atoms with E-state index in [1.807, 2.05) is 23.6 Å². The SMILES string of the molecule is C=CC(O)N1C[C@H](C)N(c2nc(=O)n3c4c(c(-c5ccc(F)c6cnn(C)c56)c(C(F)(F)F)cc24)SCC3CN2CCCC2)C[C@H]1C. The lowest BCUT2D eigenvalue weighted by Crippen LogP contribution is -2.59. The molecule has 0 spiro atoms. The Hall–Kier alpha value is -3.46. The van der Waals surface area contributed by atoms with E-state index in [-0.39, 0.29) is 51.4 Å². The Balaban J connectivity index is 1.52. The predicted octanol–water partition coefficient (Wildman–Crippen LogP) is 5.25. The van der Waals surface area contributed by atoms with Crippen LogP contribution < -0.4 is 10.6 Å². The Labute approximate surface area is 273 Å². The fourth-order valence-electron chi connectivity index (χ4n) is 7.61. The summed E-state index contributed by atoms with van der Waals surface area (Å²) >= 11 is 1.31. The number of anilines is 1. The maximum absolute atomic E-state index is 15.3. The van der Waals surface area contributed by atoms with E-state index in [1.165, 1.54) is 40.8 Å². The van der Waals surface area contributed by atoms with Gasteiger partial charge in [-0.25, -0.2) is 9.18 Å². The molecule has 5 heterocycles. The summed E-state index contributed by atoms with van der Waals surface area (Å²) in [7, 11) is 1.58. The fourth-order valence-corrected chi connectivity index (χ4v) is 8.93. The van der Waals surface area contributed by atoms with Crippen molar-refractivity contribution in [1.29, 1.82) is 0 Å². The molecule has 1 N–H and O–H groups in total. The van der Waals surface area contributed by atoms with Crippen LogP contribution >= 0.6 is 11.8 Å². The lowest BCUT2D eigenvalue weighted by atomic mass is 9.94. The minimum atomic E-state index is -4.78. The molecule has 0 aliphatic carbocycles. The number of aliphatic hydroxyl groups excluding tert-OH is 1. The summed E-state index contributed by atoms with van der Waals surface area (Å²) in [5.74, 6) is -0.000913. The summed E-state index contributed by atoms with van der Waals surface area (Å²) < 4.78 is 63.7. The zero-order valence-electron chi connectivity index (χ0n) is 26.5. The van der Waals surface area contributed by atoms with Gasteiger partial charge in [0.1, 0.15) is 17.9 Å². The van der Waals surface area contributed by atoms with Crippen molar-refractivity contribution in [3.8, 4) is 11.1 Å². The zero-order chi connectivity index (χ0) is 33.4. The molecule has 250 valence electrons. The number of piperazine rings is 1. The molecular formula is C33H37F4N7O2S. The van der Waals surface area contributed by atoms with Crippen molar-refractivity contribution in [3.05, 3.63) is 58.9 Å². The average molecular weight is 672 g/mol. The minimum Gasteiger partial charge on any atom is -0.375 e. The van der Waals surface area contributed by atoms with Crippen molar-refractivity contribution in [1.82, 2.24) is 29.1 Å². The maximum Gasteiger partial charge on any atom is 0.417 e. The summed E-state index contributed by atoms with van der Waals surface area (Å²) in [6.07, 6.45) is -0.788. The van der Waals surface area contributed by atoms with E-state index in [0.29, 0.717) is 35.8 Å². The van der Waals surface area contributed by atoms with Gasteiger partial charge in [-0.15, -0.1) is 11.8 Å². The number of aliphatic hydroxyl groups is 1. The molecule has 3 aliphatic heterocycles. The second-order valence-electron chi connectivity index (χ2n) is 12.9. The lowest BCUT2D eigenvalue weighted by molar-refractivity contribution is -0.137. The van der Waals surface area contributed by atoms with E-state index in [9.17, 15) is 14.3 Å². The van der Waals surface area contributed by atoms with Crippen molar-refractivity contribution < 1.29 is 22.7 Å². The summed E-state index contributed by atoms with van der Waals surface area (Å²) in [5, 5.41) is 15.1. The van der Waals surface area contributed by atoms with Gasteiger partial charge in [0.25, 0.3) is 0 Å². The van der Waals surface area contributed by atoms with Crippen LogP contribution in [-0.4, -0.2) is 91.0 Å². The summed E-state index contributed by atoms with van der Waals surface area (Å²) in [6.45, 7) is 10.6. The van der Waals surface area contributed by atoms with Crippen LogP contribution in [0.4, 0.5) is 23.4 Å². The van der Waals surface area contributed by atoms with Crippen LogP contribution in [0.15, 0.2) is 46.7 Å². The highest BCUT2D eigenvalue weighted by atomic mass is 32.2. The Bertz CT molecular complexity index is 1940. The van der Waals surface area contributed by atoms with Gasteiger partial charge in [0.2, 0.25) is 0 Å². The van der Waals surface area contributed by atoms with E-state index in [2.05, 4.69) is 21.6 Å². The normalized spacial score (nSPS) is 23.2. The molecular weight excluding hydrogens is 634 g/mol. The first-order chi connectivity index (χ1) is 22.4. The minimum absolute atomic E-state index is 0.0890. The maximum atomic E-state index is 15.3. The summed E-state index contributed by atoms with van der Waals surface area (Å²) in [6, 6.07) is 2.88. The van der Waals surface area contributed by atoms with Gasteiger partial charge >= 0.3 is 11.9 Å². The Morgan fingerprint density at radius 2 is 1.87 bits per heavy atom. The number of fused-ring (bicyclic) bond motifs is 1. The number of aromatic nitrogens is 4. The Morgan fingerprint density at radius 1 is 1.13 bits per heavy atom. The molecule has 2 aromatic heterocycles. The van der Waals surface area contributed by atoms with Crippen LogP contribution in [0.5, 0.6) is 0 Å². The number of alkyl halides is 3. The van der Waals surface area contributed by atoms with Crippen molar-refractivity contribution in [3.63, 3.8) is 0 Å². The average Bonchev–Trinajstić information content (AvgIpc) is 3.69. The smallest absolute Gasteiger partial charge is 0.375 e. The van der Waals surface area contributed by atoms with Crippen LogP contribution in [0.25, 0.3) is 32.9 Å². The topological polar surface area (TPSA) is 82.7 Å². The predicted molar refractivity (Wildman–Crippen MR) is 175 cm³/mol. The highest BCUT2D eigenvalue weighted by molar-refractivity contribution is 7.99. The van der Waals surface area contributed by atoms with E-state index in [0.717, 1.165) is 32.0 Å². The third kappa shape index (κ3) is 5.33. The van der Waals surface area contributed by atoms with Crippen LogP contribution in [0.3, 0.4) is 0 Å². The van der Waals surface area contributed by atoms with E-state index < -0.39 is 29.5 Å². The van der Waals surface area contributed by atoms with E-state index >= 15 is 13.2 Å². The molecule has 2 fully saturated rings. The molecule has 47 heavy (non-hydrogen) atoms. The third-order valence-electron chi connectivity index (χ3n) is 9.88. The van der Waals surface area contributed by atoms with Crippen molar-refractivity contribution >= 4 is 39.4 Å². The quantitative estimate of drug-likeness (QED) is 0.220. The first-order valence-electron chi connectivity index (χ1n) is 15.9. The molecule has 4 atom stereocenters. The number of benzene rings is 2. The molecule has 0 saturated carbocycles. The highest BCUT2D eigenvalue weighted by Gasteiger charge is 2.41. The van der Waals surface area contributed by atoms with Crippen LogP contribution in [-0.2, 0) is 13.2 Å². The number of aryl methyl sites for hydroxylation is 1. The number of hydrogen-bond acceptors (Lipinski definition) is 8. The van der Waals surface area contributed by atoms with Crippen LogP contribution in [0, 0.1) is 5.82 Å². The molecule has 2 saturated heterocycles. The van der Waals surface area contributed by atoms with Gasteiger partial charge in [0.15, 0.2) is 0 Å². The largest absolute Gasteiger partial charge is 0.417 e. The summed E-state index contributed by atoms with van der Waals surface area (Å²) in [5.41, 5.74) is -0.627. The molecule has 2 unspecified atom stereocenters. The molecule has 0 amide bonds. The Morgan fingerprint density at radius 3 is 2.57 bits per heavy atom. The molecule has 4 aromatic rings. The molecule has 2 aromatic carbocycles. The van der Waals surface area contributed by atoms with Crippen LogP contribution in [0.2, 0.25) is 0 Å². The van der Waals surface area contributed by atoms with Crippen molar-refractivity contribution in [2.24, 2.45) is 7.05 Å². The van der Waals surface area contributed by atoms with Gasteiger partial charge in [0.05, 0.1) is 34.2 Å². The van der Waals surface area contributed by atoms with Gasteiger partial charge in [-0.3, -0.25) is 14.1 Å². The first-order valence-corrected chi connectivity index (χ1v) is 16.9. The molecule has 3 aliphatic rings. The zero-order valence-corrected chi connectivity index (χ0v) is 27.3. The van der Waals surface area contributed by atoms with Gasteiger partial charge in [-0.2, -0.15) is 23.3 Å². The standard InChI is InChI=1S/C33H37F4N7O2S/c1-5-26(45)42-14-19(3)43(15-18(42)2)31-22-12-24(33(35,36)37)27(21-8-9-25(34)23-13-38-40(4)28(21)23)30-29(22)44(32(46)39-31)20(17-47-30)16-41-10-6-7-11-41/h5,8-9,12-13,18-20,26,45H,1,6-7,10-11,14-17H2,2-4H3/t18-,19+,20?,26?/m1/s1. The number of hydrogen-bond donors (Lipinski definition) is 1. The lowest BCUT2D eigenvalue weighted by Gasteiger charge is -2.46. The third-order valence-corrected chi connectivity index (χ3v) is 11.1. The monoisotopic (exact) mass is 671 g/mol.